The average Bonchev–Trinajstić information content (AvgIpc) is 2.35. The smallest absolute Gasteiger partial charge is 0.0701 e. The summed E-state index contributed by atoms with van der Waals surface area (Å²) < 4.78 is 10.8. The van der Waals surface area contributed by atoms with E-state index in [1.165, 1.54) is 5.56 Å². The van der Waals surface area contributed by atoms with Crippen LogP contribution in [0.2, 0.25) is 0 Å². The molecule has 1 aromatic carbocycles. The Labute approximate surface area is 104 Å². The highest BCUT2D eigenvalue weighted by molar-refractivity contribution is 5.44. The minimum Gasteiger partial charge on any atom is -0.383 e. The fraction of sp³-hybridized carbons (Fsp3) is 0.571. The molecular weight excluding hydrogens is 214 g/mol. The predicted molar refractivity (Wildman–Crippen MR) is 71.6 cm³/mol. The van der Waals surface area contributed by atoms with E-state index in [-0.39, 0.29) is 0 Å². The number of nitrogens with one attached hydrogen (secondary N) is 1. The van der Waals surface area contributed by atoms with Crippen LogP contribution in [0.3, 0.4) is 0 Å². The van der Waals surface area contributed by atoms with Crippen molar-refractivity contribution >= 4 is 5.69 Å². The third-order valence-electron chi connectivity index (χ3n) is 2.35. The van der Waals surface area contributed by atoms with Gasteiger partial charge in [0.1, 0.15) is 0 Å². The molecule has 17 heavy (non-hydrogen) atoms. The van der Waals surface area contributed by atoms with Crippen LogP contribution in [0.1, 0.15) is 18.9 Å². The van der Waals surface area contributed by atoms with Crippen molar-refractivity contribution in [2.45, 2.75) is 20.3 Å². The van der Waals surface area contributed by atoms with Crippen LogP contribution in [0, 0.1) is 6.92 Å². The molecule has 0 saturated carbocycles. The Hall–Kier alpha value is -1.06. The highest BCUT2D eigenvalue weighted by atomic mass is 16.5. The number of hydrogen-bond donors (Lipinski definition) is 1. The standard InChI is InChI=1S/C14H23NO2/c1-3-9-16-11-12-17-10-8-15-14-6-4-13(2)5-7-14/h4-7,15H,3,8-12H2,1-2H3. The molecule has 0 aliphatic carbocycles. The van der Waals surface area contributed by atoms with Gasteiger partial charge in [0, 0.05) is 18.8 Å². The van der Waals surface area contributed by atoms with Gasteiger partial charge in [-0.2, -0.15) is 0 Å². The van der Waals surface area contributed by atoms with E-state index in [4.69, 9.17) is 9.47 Å². The van der Waals surface area contributed by atoms with Crippen LogP contribution >= 0.6 is 0 Å². The van der Waals surface area contributed by atoms with Gasteiger partial charge in [0.25, 0.3) is 0 Å². The van der Waals surface area contributed by atoms with E-state index in [0.717, 1.165) is 25.3 Å². The zero-order chi connectivity index (χ0) is 12.3. The Balaban J connectivity index is 1.95. The molecule has 0 unspecified atom stereocenters. The first-order valence-electron chi connectivity index (χ1n) is 6.29. The first-order valence-corrected chi connectivity index (χ1v) is 6.29. The molecule has 0 aliphatic rings. The van der Waals surface area contributed by atoms with Crippen LogP contribution in [0.4, 0.5) is 5.69 Å². The van der Waals surface area contributed by atoms with E-state index in [2.05, 4.69) is 43.4 Å². The zero-order valence-corrected chi connectivity index (χ0v) is 10.9. The number of anilines is 1. The van der Waals surface area contributed by atoms with Crippen LogP contribution in [-0.2, 0) is 9.47 Å². The van der Waals surface area contributed by atoms with Gasteiger partial charge in [-0.05, 0) is 25.5 Å². The molecule has 1 aromatic rings. The van der Waals surface area contributed by atoms with Gasteiger partial charge >= 0.3 is 0 Å². The predicted octanol–water partition coefficient (Wildman–Crippen LogP) is 2.85. The van der Waals surface area contributed by atoms with Crippen molar-refractivity contribution in [3.63, 3.8) is 0 Å². The summed E-state index contributed by atoms with van der Waals surface area (Å²) in [7, 11) is 0. The summed E-state index contributed by atoms with van der Waals surface area (Å²) in [6.45, 7) is 7.93. The molecule has 0 heterocycles. The number of hydrogen-bond acceptors (Lipinski definition) is 3. The van der Waals surface area contributed by atoms with Crippen LogP contribution < -0.4 is 5.32 Å². The van der Waals surface area contributed by atoms with Crippen LogP contribution in [0.5, 0.6) is 0 Å². The summed E-state index contributed by atoms with van der Waals surface area (Å²) in [5.41, 5.74) is 2.42. The second-order valence-electron chi connectivity index (χ2n) is 4.02. The van der Waals surface area contributed by atoms with Crippen molar-refractivity contribution in [1.82, 2.24) is 0 Å². The third kappa shape index (κ3) is 6.97. The Morgan fingerprint density at radius 2 is 1.59 bits per heavy atom. The first kappa shape index (κ1) is 14.0. The van der Waals surface area contributed by atoms with Gasteiger partial charge < -0.3 is 14.8 Å². The number of aryl methyl sites for hydroxylation is 1. The molecule has 0 amide bonds. The van der Waals surface area contributed by atoms with Gasteiger partial charge in [0.15, 0.2) is 0 Å². The lowest BCUT2D eigenvalue weighted by Gasteiger charge is -2.08. The maximum Gasteiger partial charge on any atom is 0.0701 e. The van der Waals surface area contributed by atoms with E-state index in [1.54, 1.807) is 0 Å². The van der Waals surface area contributed by atoms with E-state index < -0.39 is 0 Å². The van der Waals surface area contributed by atoms with Gasteiger partial charge in [-0.1, -0.05) is 24.6 Å². The fourth-order valence-electron chi connectivity index (χ4n) is 1.41. The summed E-state index contributed by atoms with van der Waals surface area (Å²) in [5, 5.41) is 3.31. The summed E-state index contributed by atoms with van der Waals surface area (Å²) in [5.74, 6) is 0. The molecule has 0 bridgehead atoms. The Kier molecular flexibility index (Phi) is 7.43. The van der Waals surface area contributed by atoms with E-state index >= 15 is 0 Å². The summed E-state index contributed by atoms with van der Waals surface area (Å²) in [4.78, 5) is 0. The molecule has 0 fully saturated rings. The largest absolute Gasteiger partial charge is 0.383 e. The summed E-state index contributed by atoms with van der Waals surface area (Å²) in [6.07, 6.45) is 1.06. The van der Waals surface area contributed by atoms with Crippen molar-refractivity contribution < 1.29 is 9.47 Å². The molecule has 0 spiro atoms. The summed E-state index contributed by atoms with van der Waals surface area (Å²) in [6, 6.07) is 8.36. The highest BCUT2D eigenvalue weighted by Gasteiger charge is 1.92. The van der Waals surface area contributed by atoms with E-state index in [9.17, 15) is 0 Å². The molecule has 0 aliphatic heterocycles. The molecule has 0 radical (unpaired) electrons. The lowest BCUT2D eigenvalue weighted by molar-refractivity contribution is 0.0519. The van der Waals surface area contributed by atoms with Gasteiger partial charge in [-0.3, -0.25) is 0 Å². The fourth-order valence-corrected chi connectivity index (χ4v) is 1.41. The minimum absolute atomic E-state index is 0.676. The van der Waals surface area contributed by atoms with Crippen LogP contribution in [-0.4, -0.2) is 33.0 Å². The molecule has 1 N–H and O–H groups in total. The maximum atomic E-state index is 5.44. The van der Waals surface area contributed by atoms with Crippen molar-refractivity contribution in [1.29, 1.82) is 0 Å². The zero-order valence-electron chi connectivity index (χ0n) is 10.9. The van der Waals surface area contributed by atoms with Gasteiger partial charge in [-0.15, -0.1) is 0 Å². The molecule has 3 nitrogen and oxygen atoms in total. The Morgan fingerprint density at radius 1 is 0.941 bits per heavy atom. The molecule has 0 atom stereocenters. The molecule has 0 aromatic heterocycles. The average molecular weight is 237 g/mol. The van der Waals surface area contributed by atoms with Crippen molar-refractivity contribution in [3.05, 3.63) is 29.8 Å². The molecule has 0 saturated heterocycles. The van der Waals surface area contributed by atoms with Gasteiger partial charge in [-0.25, -0.2) is 0 Å². The molecule has 96 valence electrons. The van der Waals surface area contributed by atoms with E-state index in [0.29, 0.717) is 19.8 Å². The third-order valence-corrected chi connectivity index (χ3v) is 2.35. The quantitative estimate of drug-likeness (QED) is 0.670. The number of ether oxygens (including phenoxy) is 2. The van der Waals surface area contributed by atoms with Crippen molar-refractivity contribution in [2.75, 3.05) is 38.3 Å². The highest BCUT2D eigenvalue weighted by Crippen LogP contribution is 2.07. The van der Waals surface area contributed by atoms with Crippen LogP contribution in [0.15, 0.2) is 24.3 Å². The Bertz CT molecular complexity index is 285. The molecule has 1 rings (SSSR count). The maximum absolute atomic E-state index is 5.44. The molecule has 3 heteroatoms. The molecular formula is C14H23NO2. The van der Waals surface area contributed by atoms with Crippen molar-refractivity contribution in [3.8, 4) is 0 Å². The lowest BCUT2D eigenvalue weighted by Crippen LogP contribution is -2.12. The van der Waals surface area contributed by atoms with Crippen molar-refractivity contribution in [2.24, 2.45) is 0 Å². The Morgan fingerprint density at radius 3 is 2.24 bits per heavy atom. The number of benzene rings is 1. The second-order valence-corrected chi connectivity index (χ2v) is 4.02. The minimum atomic E-state index is 0.676. The topological polar surface area (TPSA) is 30.5 Å². The van der Waals surface area contributed by atoms with Crippen LogP contribution in [0.25, 0.3) is 0 Å². The normalized spacial score (nSPS) is 10.5. The monoisotopic (exact) mass is 237 g/mol. The SMILES string of the molecule is CCCOCCOCCNc1ccc(C)cc1. The van der Waals surface area contributed by atoms with E-state index in [1.807, 2.05) is 0 Å². The summed E-state index contributed by atoms with van der Waals surface area (Å²) >= 11 is 0. The first-order chi connectivity index (χ1) is 8.33. The number of rotatable bonds is 9. The lowest BCUT2D eigenvalue weighted by atomic mass is 10.2. The van der Waals surface area contributed by atoms with Gasteiger partial charge in [0.2, 0.25) is 0 Å². The van der Waals surface area contributed by atoms with Gasteiger partial charge in [0.05, 0.1) is 19.8 Å². The second kappa shape index (κ2) is 9.02.